The van der Waals surface area contributed by atoms with Crippen LogP contribution in [0.25, 0.3) is 0 Å². The Bertz CT molecular complexity index is 594. The first-order valence-corrected chi connectivity index (χ1v) is 9.08. The Balaban J connectivity index is 1.36. The molecule has 3 aliphatic rings. The van der Waals surface area contributed by atoms with E-state index in [4.69, 9.17) is 14.5 Å². The van der Waals surface area contributed by atoms with Crippen molar-refractivity contribution >= 4 is 17.7 Å². The molecule has 1 aromatic heterocycles. The molecular formula is C17H25N5O3. The number of carbonyl (C=O) groups excluding carboxylic acids is 1. The van der Waals surface area contributed by atoms with Gasteiger partial charge in [0.15, 0.2) is 0 Å². The van der Waals surface area contributed by atoms with E-state index in [1.807, 2.05) is 17.2 Å². The minimum absolute atomic E-state index is 0.0542. The third-order valence-electron chi connectivity index (χ3n) is 5.12. The van der Waals surface area contributed by atoms with Crippen molar-refractivity contribution in [1.29, 1.82) is 0 Å². The molecule has 0 radical (unpaired) electrons. The minimum atomic E-state index is 0.0542. The number of anilines is 2. The van der Waals surface area contributed by atoms with Crippen LogP contribution in [0.2, 0.25) is 0 Å². The Morgan fingerprint density at radius 3 is 2.52 bits per heavy atom. The summed E-state index contributed by atoms with van der Waals surface area (Å²) in [6, 6.07) is 1.95. The van der Waals surface area contributed by atoms with Crippen LogP contribution < -0.4 is 9.80 Å². The Labute approximate surface area is 147 Å². The number of hydrogen-bond acceptors (Lipinski definition) is 7. The van der Waals surface area contributed by atoms with Crippen LogP contribution in [0.3, 0.4) is 0 Å². The summed E-state index contributed by atoms with van der Waals surface area (Å²) in [5, 5.41) is 0. The highest BCUT2D eigenvalue weighted by Crippen LogP contribution is 2.20. The molecule has 1 amide bonds. The zero-order valence-electron chi connectivity index (χ0n) is 14.5. The molecular weight excluding hydrogens is 322 g/mol. The second-order valence-electron chi connectivity index (χ2n) is 6.69. The maximum absolute atomic E-state index is 12.5. The van der Waals surface area contributed by atoms with Crippen LogP contribution in [0.15, 0.2) is 12.3 Å². The normalized spacial score (nSPS) is 24.6. The number of carbonyl (C=O) groups is 1. The zero-order chi connectivity index (χ0) is 17.1. The molecule has 0 saturated carbocycles. The molecule has 1 unspecified atom stereocenters. The van der Waals surface area contributed by atoms with E-state index in [0.29, 0.717) is 13.2 Å². The quantitative estimate of drug-likeness (QED) is 0.762. The van der Waals surface area contributed by atoms with Crippen LogP contribution in [0, 0.1) is 5.92 Å². The zero-order valence-corrected chi connectivity index (χ0v) is 14.5. The van der Waals surface area contributed by atoms with Gasteiger partial charge in [-0.2, -0.15) is 4.98 Å². The predicted octanol–water partition coefficient (Wildman–Crippen LogP) is -0.00170. The van der Waals surface area contributed by atoms with Gasteiger partial charge in [-0.15, -0.1) is 0 Å². The van der Waals surface area contributed by atoms with E-state index < -0.39 is 0 Å². The van der Waals surface area contributed by atoms with Gasteiger partial charge in [-0.1, -0.05) is 0 Å². The molecule has 136 valence electrons. The van der Waals surface area contributed by atoms with E-state index >= 15 is 0 Å². The molecule has 0 bridgehead atoms. The van der Waals surface area contributed by atoms with Crippen molar-refractivity contribution in [2.24, 2.45) is 5.92 Å². The second-order valence-corrected chi connectivity index (χ2v) is 6.69. The summed E-state index contributed by atoms with van der Waals surface area (Å²) in [5.74, 6) is 2.00. The highest BCUT2D eigenvalue weighted by atomic mass is 16.5. The number of hydrogen-bond donors (Lipinski definition) is 0. The fourth-order valence-corrected chi connectivity index (χ4v) is 3.57. The monoisotopic (exact) mass is 347 g/mol. The first-order valence-electron chi connectivity index (χ1n) is 9.08. The predicted molar refractivity (Wildman–Crippen MR) is 92.8 cm³/mol. The lowest BCUT2D eigenvalue weighted by Crippen LogP contribution is -2.50. The third kappa shape index (κ3) is 3.69. The van der Waals surface area contributed by atoms with E-state index in [-0.39, 0.29) is 11.8 Å². The van der Waals surface area contributed by atoms with Crippen LogP contribution in [0.5, 0.6) is 0 Å². The van der Waals surface area contributed by atoms with E-state index in [1.165, 1.54) is 0 Å². The van der Waals surface area contributed by atoms with Crippen molar-refractivity contribution in [2.75, 3.05) is 75.5 Å². The summed E-state index contributed by atoms with van der Waals surface area (Å²) < 4.78 is 10.7. The molecule has 3 aliphatic heterocycles. The number of morpholine rings is 1. The van der Waals surface area contributed by atoms with Gasteiger partial charge in [0, 0.05) is 52.1 Å². The number of nitrogens with zero attached hydrogens (tertiary/aromatic N) is 5. The molecule has 4 rings (SSSR count). The average molecular weight is 347 g/mol. The highest BCUT2D eigenvalue weighted by Gasteiger charge is 2.30. The number of piperazine rings is 1. The molecule has 0 aromatic carbocycles. The minimum Gasteiger partial charge on any atom is -0.381 e. The van der Waals surface area contributed by atoms with Gasteiger partial charge in [0.25, 0.3) is 0 Å². The topological polar surface area (TPSA) is 71.0 Å². The van der Waals surface area contributed by atoms with Crippen molar-refractivity contribution in [2.45, 2.75) is 6.42 Å². The van der Waals surface area contributed by atoms with Crippen molar-refractivity contribution in [3.63, 3.8) is 0 Å². The van der Waals surface area contributed by atoms with Gasteiger partial charge < -0.3 is 24.2 Å². The lowest BCUT2D eigenvalue weighted by molar-refractivity contribution is -0.135. The van der Waals surface area contributed by atoms with Crippen LogP contribution in [-0.4, -0.2) is 86.5 Å². The van der Waals surface area contributed by atoms with Crippen molar-refractivity contribution in [3.8, 4) is 0 Å². The Hall–Kier alpha value is -1.93. The fraction of sp³-hybridized carbons (Fsp3) is 0.706. The summed E-state index contributed by atoms with van der Waals surface area (Å²) in [4.78, 5) is 28.0. The van der Waals surface area contributed by atoms with Gasteiger partial charge in [-0.05, 0) is 12.5 Å². The largest absolute Gasteiger partial charge is 0.381 e. The van der Waals surface area contributed by atoms with Crippen molar-refractivity contribution in [3.05, 3.63) is 12.3 Å². The smallest absolute Gasteiger partial charge is 0.228 e. The van der Waals surface area contributed by atoms with Gasteiger partial charge in [0.1, 0.15) is 5.82 Å². The summed E-state index contributed by atoms with van der Waals surface area (Å²) in [7, 11) is 0. The van der Waals surface area contributed by atoms with Crippen LogP contribution in [0.4, 0.5) is 11.8 Å². The summed E-state index contributed by atoms with van der Waals surface area (Å²) in [6.45, 7) is 7.48. The van der Waals surface area contributed by atoms with Gasteiger partial charge in [-0.3, -0.25) is 4.79 Å². The molecule has 0 N–H and O–H groups in total. The molecule has 1 aromatic rings. The van der Waals surface area contributed by atoms with E-state index in [0.717, 1.165) is 70.7 Å². The van der Waals surface area contributed by atoms with Gasteiger partial charge >= 0.3 is 0 Å². The molecule has 0 spiro atoms. The second kappa shape index (κ2) is 7.53. The number of aromatic nitrogens is 2. The standard InChI is InChI=1S/C17H25N5O3/c23-16(14-2-10-25-13-14)21-6-4-20(5-7-21)15-1-3-18-17(19-15)22-8-11-24-12-9-22/h1,3,14H,2,4-13H2. The molecule has 8 heteroatoms. The first kappa shape index (κ1) is 16.5. The lowest BCUT2D eigenvalue weighted by atomic mass is 10.1. The Morgan fingerprint density at radius 1 is 1.00 bits per heavy atom. The molecule has 0 aliphatic carbocycles. The summed E-state index contributed by atoms with van der Waals surface area (Å²) >= 11 is 0. The van der Waals surface area contributed by atoms with E-state index in [1.54, 1.807) is 0 Å². The van der Waals surface area contributed by atoms with E-state index in [2.05, 4.69) is 14.8 Å². The summed E-state index contributed by atoms with van der Waals surface area (Å²) in [5.41, 5.74) is 0. The Kier molecular flexibility index (Phi) is 4.98. The molecule has 8 nitrogen and oxygen atoms in total. The van der Waals surface area contributed by atoms with Crippen LogP contribution >= 0.6 is 0 Å². The lowest BCUT2D eigenvalue weighted by Gasteiger charge is -2.36. The molecule has 25 heavy (non-hydrogen) atoms. The SMILES string of the molecule is O=C(C1CCOC1)N1CCN(c2ccnc(N3CCOCC3)n2)CC1. The average Bonchev–Trinajstić information content (AvgIpc) is 3.23. The van der Waals surface area contributed by atoms with Gasteiger partial charge in [-0.25, -0.2) is 4.98 Å². The molecule has 4 heterocycles. The van der Waals surface area contributed by atoms with Crippen LogP contribution in [0.1, 0.15) is 6.42 Å². The van der Waals surface area contributed by atoms with Crippen LogP contribution in [-0.2, 0) is 14.3 Å². The van der Waals surface area contributed by atoms with Gasteiger partial charge in [0.2, 0.25) is 11.9 Å². The van der Waals surface area contributed by atoms with Gasteiger partial charge in [0.05, 0.1) is 25.7 Å². The molecule has 3 saturated heterocycles. The first-order chi connectivity index (χ1) is 12.3. The maximum Gasteiger partial charge on any atom is 0.228 e. The highest BCUT2D eigenvalue weighted by molar-refractivity contribution is 5.79. The summed E-state index contributed by atoms with van der Waals surface area (Å²) in [6.07, 6.45) is 2.67. The number of amides is 1. The number of rotatable bonds is 3. The maximum atomic E-state index is 12.5. The third-order valence-corrected chi connectivity index (χ3v) is 5.12. The Morgan fingerprint density at radius 2 is 1.80 bits per heavy atom. The number of ether oxygens (including phenoxy) is 2. The van der Waals surface area contributed by atoms with Crippen molar-refractivity contribution in [1.82, 2.24) is 14.9 Å². The van der Waals surface area contributed by atoms with Crippen molar-refractivity contribution < 1.29 is 14.3 Å². The molecule has 1 atom stereocenters. The fourth-order valence-electron chi connectivity index (χ4n) is 3.57. The molecule has 3 fully saturated rings. The van der Waals surface area contributed by atoms with E-state index in [9.17, 15) is 4.79 Å².